The lowest BCUT2D eigenvalue weighted by Crippen LogP contribution is -2.44. The van der Waals surface area contributed by atoms with Gasteiger partial charge in [0, 0.05) is 24.1 Å². The van der Waals surface area contributed by atoms with Crippen LogP contribution in [0.15, 0.2) is 41.2 Å². The number of carbonyl (C=O) groups excluding carboxylic acids is 1. The van der Waals surface area contributed by atoms with Crippen molar-refractivity contribution in [1.82, 2.24) is 15.1 Å². The zero-order chi connectivity index (χ0) is 19.8. The van der Waals surface area contributed by atoms with Gasteiger partial charge in [0.1, 0.15) is 0 Å². The summed E-state index contributed by atoms with van der Waals surface area (Å²) in [6.45, 7) is 1.15. The molecule has 2 aromatic rings. The number of carbonyl (C=O) groups is 1. The molecule has 2 heterocycles. The zero-order valence-corrected chi connectivity index (χ0v) is 16.6. The van der Waals surface area contributed by atoms with Gasteiger partial charge in [-0.15, -0.1) is 0 Å². The molecule has 2 saturated carbocycles. The van der Waals surface area contributed by atoms with Gasteiger partial charge in [-0.25, -0.2) is 4.68 Å². The number of amides is 1. The van der Waals surface area contributed by atoms with Crippen LogP contribution < -0.4 is 10.9 Å². The summed E-state index contributed by atoms with van der Waals surface area (Å²) in [7, 11) is 0. The number of ether oxygens (including phenoxy) is 1. The molecule has 0 atom stereocenters. The van der Waals surface area contributed by atoms with E-state index in [2.05, 4.69) is 22.5 Å². The van der Waals surface area contributed by atoms with E-state index in [0.29, 0.717) is 13.2 Å². The summed E-state index contributed by atoms with van der Waals surface area (Å²) in [4.78, 5) is 25.5. The summed E-state index contributed by atoms with van der Waals surface area (Å²) in [6.07, 6.45) is 6.12. The molecular formula is C23H27N3O3. The van der Waals surface area contributed by atoms with Crippen LogP contribution >= 0.6 is 0 Å². The van der Waals surface area contributed by atoms with Crippen molar-refractivity contribution in [2.75, 3.05) is 6.61 Å². The third kappa shape index (κ3) is 3.50. The van der Waals surface area contributed by atoms with Crippen LogP contribution in [-0.4, -0.2) is 28.3 Å². The molecule has 1 N–H and O–H groups in total. The summed E-state index contributed by atoms with van der Waals surface area (Å²) in [5, 5.41) is 7.94. The van der Waals surface area contributed by atoms with Gasteiger partial charge in [0.25, 0.3) is 5.56 Å². The highest BCUT2D eigenvalue weighted by Crippen LogP contribution is 2.48. The van der Waals surface area contributed by atoms with E-state index in [0.717, 1.165) is 61.8 Å². The Morgan fingerprint density at radius 3 is 2.62 bits per heavy atom. The number of nitrogens with zero attached hydrogens (tertiary/aromatic N) is 2. The van der Waals surface area contributed by atoms with E-state index in [-0.39, 0.29) is 29.0 Å². The fraction of sp³-hybridized carbons (Fsp3) is 0.522. The molecule has 0 bridgehead atoms. The van der Waals surface area contributed by atoms with Gasteiger partial charge < -0.3 is 10.1 Å². The third-order valence-electron chi connectivity index (χ3n) is 6.75. The smallest absolute Gasteiger partial charge is 0.267 e. The Labute approximate surface area is 170 Å². The first-order chi connectivity index (χ1) is 14.2. The van der Waals surface area contributed by atoms with Crippen molar-refractivity contribution in [2.45, 2.75) is 69.1 Å². The molecule has 1 aliphatic heterocycles. The standard InChI is InChI=1S/C23H27N3O3/c27-21-14-16-15-29-13-10-20(16)25-26(21)19-8-6-18(7-9-19)24-22(28)23(11-12-23)17-4-2-1-3-5-17/h1-5,14,18-19H,6-13,15H2,(H,24,28). The maximum absolute atomic E-state index is 13.0. The van der Waals surface area contributed by atoms with Crippen LogP contribution in [-0.2, 0) is 28.0 Å². The lowest BCUT2D eigenvalue weighted by atomic mass is 9.89. The Hall–Kier alpha value is -2.47. The molecule has 0 radical (unpaired) electrons. The summed E-state index contributed by atoms with van der Waals surface area (Å²) < 4.78 is 7.10. The summed E-state index contributed by atoms with van der Waals surface area (Å²) >= 11 is 0. The van der Waals surface area contributed by atoms with Crippen LogP contribution in [0.4, 0.5) is 0 Å². The van der Waals surface area contributed by atoms with Crippen LogP contribution in [0.5, 0.6) is 0 Å². The van der Waals surface area contributed by atoms with E-state index < -0.39 is 0 Å². The fourth-order valence-corrected chi connectivity index (χ4v) is 4.81. The predicted octanol–water partition coefficient (Wildman–Crippen LogP) is 2.65. The number of fused-ring (bicyclic) bond motifs is 1. The molecule has 152 valence electrons. The summed E-state index contributed by atoms with van der Waals surface area (Å²) in [6, 6.07) is 12.1. The molecule has 1 amide bonds. The highest BCUT2D eigenvalue weighted by molar-refractivity contribution is 5.91. The molecule has 2 aliphatic carbocycles. The van der Waals surface area contributed by atoms with Gasteiger partial charge in [0.05, 0.1) is 30.4 Å². The Bertz CT molecular complexity index is 957. The molecule has 0 saturated heterocycles. The molecule has 0 unspecified atom stereocenters. The second kappa shape index (κ2) is 7.41. The molecule has 3 aliphatic rings. The maximum Gasteiger partial charge on any atom is 0.267 e. The minimum absolute atomic E-state index is 0.0391. The summed E-state index contributed by atoms with van der Waals surface area (Å²) in [5.41, 5.74) is 2.68. The minimum Gasteiger partial charge on any atom is -0.376 e. The van der Waals surface area contributed by atoms with Crippen molar-refractivity contribution in [3.8, 4) is 0 Å². The van der Waals surface area contributed by atoms with Crippen molar-refractivity contribution < 1.29 is 9.53 Å². The third-order valence-corrected chi connectivity index (χ3v) is 6.75. The zero-order valence-electron chi connectivity index (χ0n) is 16.6. The Balaban J connectivity index is 1.22. The van der Waals surface area contributed by atoms with E-state index in [4.69, 9.17) is 4.74 Å². The quantitative estimate of drug-likeness (QED) is 0.867. The van der Waals surface area contributed by atoms with Crippen molar-refractivity contribution in [3.05, 3.63) is 63.6 Å². The second-order valence-corrected chi connectivity index (χ2v) is 8.63. The average molecular weight is 393 g/mol. The van der Waals surface area contributed by atoms with Crippen molar-refractivity contribution >= 4 is 5.91 Å². The van der Waals surface area contributed by atoms with Crippen LogP contribution in [0.3, 0.4) is 0 Å². The monoisotopic (exact) mass is 393 g/mol. The van der Waals surface area contributed by atoms with Crippen molar-refractivity contribution in [3.63, 3.8) is 0 Å². The number of benzene rings is 1. The normalized spacial score (nSPS) is 25.1. The first-order valence-electron chi connectivity index (χ1n) is 10.7. The van der Waals surface area contributed by atoms with E-state index in [1.54, 1.807) is 10.7 Å². The van der Waals surface area contributed by atoms with Gasteiger partial charge in [0.15, 0.2) is 0 Å². The highest BCUT2D eigenvalue weighted by Gasteiger charge is 2.51. The fourth-order valence-electron chi connectivity index (χ4n) is 4.81. The van der Waals surface area contributed by atoms with Crippen LogP contribution in [0.25, 0.3) is 0 Å². The molecular weight excluding hydrogens is 366 g/mol. The van der Waals surface area contributed by atoms with Gasteiger partial charge in [-0.1, -0.05) is 30.3 Å². The lowest BCUT2D eigenvalue weighted by Gasteiger charge is -2.31. The SMILES string of the molecule is O=C(NC1CCC(n2nc3c(cc2=O)COCC3)CC1)C1(c2ccccc2)CC1. The van der Waals surface area contributed by atoms with Crippen LogP contribution in [0.1, 0.15) is 61.4 Å². The Morgan fingerprint density at radius 1 is 1.14 bits per heavy atom. The molecule has 6 nitrogen and oxygen atoms in total. The molecule has 29 heavy (non-hydrogen) atoms. The second-order valence-electron chi connectivity index (χ2n) is 8.63. The summed E-state index contributed by atoms with van der Waals surface area (Å²) in [5.74, 6) is 0.163. The minimum atomic E-state index is -0.322. The number of hydrogen-bond donors (Lipinski definition) is 1. The van der Waals surface area contributed by atoms with E-state index in [1.165, 1.54) is 0 Å². The molecule has 6 heteroatoms. The van der Waals surface area contributed by atoms with Gasteiger partial charge in [0.2, 0.25) is 5.91 Å². The van der Waals surface area contributed by atoms with Crippen LogP contribution in [0, 0.1) is 0 Å². The predicted molar refractivity (Wildman–Crippen MR) is 109 cm³/mol. The number of nitrogens with one attached hydrogen (secondary N) is 1. The van der Waals surface area contributed by atoms with Gasteiger partial charge in [-0.3, -0.25) is 9.59 Å². The molecule has 0 spiro atoms. The van der Waals surface area contributed by atoms with Crippen molar-refractivity contribution in [1.29, 1.82) is 0 Å². The lowest BCUT2D eigenvalue weighted by molar-refractivity contribution is -0.124. The Morgan fingerprint density at radius 2 is 1.90 bits per heavy atom. The number of hydrogen-bond acceptors (Lipinski definition) is 4. The highest BCUT2D eigenvalue weighted by atomic mass is 16.5. The van der Waals surface area contributed by atoms with Gasteiger partial charge in [-0.05, 0) is 44.1 Å². The molecule has 1 aromatic heterocycles. The first kappa shape index (κ1) is 18.6. The average Bonchev–Trinajstić information content (AvgIpc) is 3.57. The maximum atomic E-state index is 13.0. The van der Waals surface area contributed by atoms with Gasteiger partial charge in [-0.2, -0.15) is 5.10 Å². The van der Waals surface area contributed by atoms with Crippen LogP contribution in [0.2, 0.25) is 0 Å². The van der Waals surface area contributed by atoms with Gasteiger partial charge >= 0.3 is 0 Å². The molecule has 1 aromatic carbocycles. The molecule has 5 rings (SSSR count). The molecule has 2 fully saturated rings. The topological polar surface area (TPSA) is 73.2 Å². The van der Waals surface area contributed by atoms with E-state index in [9.17, 15) is 9.59 Å². The van der Waals surface area contributed by atoms with E-state index in [1.807, 2.05) is 18.2 Å². The van der Waals surface area contributed by atoms with Crippen molar-refractivity contribution in [2.24, 2.45) is 0 Å². The number of aromatic nitrogens is 2. The Kier molecular flexibility index (Phi) is 4.74. The first-order valence-corrected chi connectivity index (χ1v) is 10.7. The number of rotatable bonds is 4. The van der Waals surface area contributed by atoms with E-state index >= 15 is 0 Å². The largest absolute Gasteiger partial charge is 0.376 e.